The Kier molecular flexibility index (Phi) is 9.81. The van der Waals surface area contributed by atoms with Gasteiger partial charge in [0.05, 0.1) is 18.8 Å². The Balaban J connectivity index is 1.95. The van der Waals surface area contributed by atoms with Crippen LogP contribution in [0, 0.1) is 11.8 Å². The Bertz CT molecular complexity index is 948. The zero-order valence-electron chi connectivity index (χ0n) is 17.6. The van der Waals surface area contributed by atoms with Gasteiger partial charge in [0.15, 0.2) is 0 Å². The third-order valence-corrected chi connectivity index (χ3v) is 4.53. The molecule has 3 atom stereocenters. The predicted molar refractivity (Wildman–Crippen MR) is 117 cm³/mol. The molecule has 0 heterocycles. The van der Waals surface area contributed by atoms with Crippen molar-refractivity contribution in [1.82, 2.24) is 16.1 Å². The van der Waals surface area contributed by atoms with Crippen LogP contribution in [0.1, 0.15) is 34.0 Å². The van der Waals surface area contributed by atoms with Crippen LogP contribution >= 0.6 is 0 Å². The lowest BCUT2D eigenvalue weighted by atomic mass is 10.1. The monoisotopic (exact) mass is 441 g/mol. The number of hydrogen-bond donors (Lipinski definition) is 7. The summed E-state index contributed by atoms with van der Waals surface area (Å²) in [6.45, 7) is 1.91. The van der Waals surface area contributed by atoms with E-state index in [0.717, 1.165) is 11.1 Å². The summed E-state index contributed by atoms with van der Waals surface area (Å²) in [7, 11) is 0. The molecular formula is C23H27N3O6. The first-order chi connectivity index (χ1) is 15.3. The molecule has 32 heavy (non-hydrogen) atoms. The summed E-state index contributed by atoms with van der Waals surface area (Å²) in [6, 6.07) is 12.7. The summed E-state index contributed by atoms with van der Waals surface area (Å²) < 4.78 is 0. The van der Waals surface area contributed by atoms with E-state index in [-0.39, 0.29) is 12.2 Å². The molecule has 0 saturated carbocycles. The smallest absolute Gasteiger partial charge is 0.268 e. The molecule has 2 aromatic carbocycles. The van der Waals surface area contributed by atoms with E-state index in [2.05, 4.69) is 22.5 Å². The van der Waals surface area contributed by atoms with Crippen molar-refractivity contribution >= 4 is 11.8 Å². The second-order valence-electron chi connectivity index (χ2n) is 7.16. The van der Waals surface area contributed by atoms with Gasteiger partial charge in [0.25, 0.3) is 11.8 Å². The molecule has 2 rings (SSSR count). The summed E-state index contributed by atoms with van der Waals surface area (Å²) in [5.41, 5.74) is 4.19. The average molecular weight is 441 g/mol. The Morgan fingerprint density at radius 1 is 0.969 bits per heavy atom. The van der Waals surface area contributed by atoms with Gasteiger partial charge in [-0.1, -0.05) is 24.0 Å². The van der Waals surface area contributed by atoms with Gasteiger partial charge < -0.3 is 26.0 Å². The van der Waals surface area contributed by atoms with Crippen LogP contribution in [-0.4, -0.2) is 63.7 Å². The SMILES string of the molecule is CC(O)C(NC(=O)c1ccc(C#Cc2ccc(CNCC(O)CO)cc2)cc1)C(=O)NO. The van der Waals surface area contributed by atoms with Crippen molar-refractivity contribution in [2.75, 3.05) is 13.2 Å². The third kappa shape index (κ3) is 7.77. The van der Waals surface area contributed by atoms with Crippen LogP contribution in [0.5, 0.6) is 0 Å². The van der Waals surface area contributed by atoms with E-state index in [0.29, 0.717) is 18.7 Å². The van der Waals surface area contributed by atoms with Gasteiger partial charge >= 0.3 is 0 Å². The number of hydrogen-bond acceptors (Lipinski definition) is 7. The molecule has 3 unspecified atom stereocenters. The number of aliphatic hydroxyl groups excluding tert-OH is 3. The van der Waals surface area contributed by atoms with Crippen molar-refractivity contribution in [3.8, 4) is 11.8 Å². The zero-order valence-corrected chi connectivity index (χ0v) is 17.6. The summed E-state index contributed by atoms with van der Waals surface area (Å²) in [5, 5.41) is 41.8. The molecule has 0 fully saturated rings. The maximum atomic E-state index is 12.3. The van der Waals surface area contributed by atoms with Crippen LogP contribution in [0.15, 0.2) is 48.5 Å². The van der Waals surface area contributed by atoms with Gasteiger partial charge in [-0.25, -0.2) is 5.48 Å². The van der Waals surface area contributed by atoms with E-state index in [4.69, 9.17) is 10.3 Å². The molecule has 0 aliphatic heterocycles. The first-order valence-electron chi connectivity index (χ1n) is 9.97. The fourth-order valence-corrected chi connectivity index (χ4v) is 2.70. The lowest BCUT2D eigenvalue weighted by molar-refractivity contribution is -0.133. The Labute approximate surface area is 186 Å². The third-order valence-electron chi connectivity index (χ3n) is 4.53. The number of rotatable bonds is 9. The lowest BCUT2D eigenvalue weighted by Crippen LogP contribution is -2.51. The standard InChI is InChI=1S/C23H27N3O6/c1-15(28)21(23(31)26-32)25-22(30)19-10-8-17(9-11-19)3-2-16-4-6-18(7-5-16)12-24-13-20(29)14-27/h4-11,15,20-21,24,27-29,32H,12-14H2,1H3,(H,25,30)(H,26,31). The zero-order chi connectivity index (χ0) is 23.5. The van der Waals surface area contributed by atoms with Crippen LogP contribution in [0.3, 0.4) is 0 Å². The van der Waals surface area contributed by atoms with E-state index in [1.807, 2.05) is 24.3 Å². The molecule has 0 aromatic heterocycles. The molecule has 0 radical (unpaired) electrons. The number of benzene rings is 2. The first kappa shape index (κ1) is 25.0. The molecule has 7 N–H and O–H groups in total. The lowest BCUT2D eigenvalue weighted by Gasteiger charge is -2.19. The second-order valence-corrected chi connectivity index (χ2v) is 7.16. The number of hydroxylamine groups is 1. The van der Waals surface area contributed by atoms with Crippen LogP contribution in [0.25, 0.3) is 0 Å². The molecule has 170 valence electrons. The molecule has 0 saturated heterocycles. The molecular weight excluding hydrogens is 414 g/mol. The Morgan fingerprint density at radius 2 is 1.53 bits per heavy atom. The number of carbonyl (C=O) groups is 2. The van der Waals surface area contributed by atoms with Gasteiger partial charge in [-0.2, -0.15) is 0 Å². The van der Waals surface area contributed by atoms with Crippen molar-refractivity contribution < 1.29 is 30.1 Å². The molecule has 0 aliphatic rings. The van der Waals surface area contributed by atoms with Gasteiger partial charge in [-0.05, 0) is 48.9 Å². The molecule has 9 nitrogen and oxygen atoms in total. The number of carbonyl (C=O) groups excluding carboxylic acids is 2. The predicted octanol–water partition coefficient (Wildman–Crippen LogP) is -0.486. The van der Waals surface area contributed by atoms with Crippen LogP contribution in [-0.2, 0) is 11.3 Å². The van der Waals surface area contributed by atoms with Crippen LogP contribution < -0.4 is 16.1 Å². The summed E-state index contributed by atoms with van der Waals surface area (Å²) >= 11 is 0. The maximum absolute atomic E-state index is 12.3. The second kappa shape index (κ2) is 12.6. The topological polar surface area (TPSA) is 151 Å². The Hall–Kier alpha value is -3.26. The molecule has 2 amide bonds. The highest BCUT2D eigenvalue weighted by molar-refractivity contribution is 5.97. The highest BCUT2D eigenvalue weighted by Crippen LogP contribution is 2.07. The minimum Gasteiger partial charge on any atom is -0.394 e. The number of aliphatic hydroxyl groups is 3. The highest BCUT2D eigenvalue weighted by Gasteiger charge is 2.25. The first-order valence-corrected chi connectivity index (χ1v) is 9.97. The largest absolute Gasteiger partial charge is 0.394 e. The van der Waals surface area contributed by atoms with Crippen molar-refractivity contribution in [2.45, 2.75) is 31.7 Å². The van der Waals surface area contributed by atoms with E-state index in [9.17, 15) is 19.8 Å². The number of amides is 2. The van der Waals surface area contributed by atoms with Crippen LogP contribution in [0.4, 0.5) is 0 Å². The van der Waals surface area contributed by atoms with Gasteiger partial charge in [0.1, 0.15) is 6.04 Å². The van der Waals surface area contributed by atoms with E-state index < -0.39 is 30.1 Å². The van der Waals surface area contributed by atoms with Crippen LogP contribution in [0.2, 0.25) is 0 Å². The van der Waals surface area contributed by atoms with E-state index >= 15 is 0 Å². The average Bonchev–Trinajstić information content (AvgIpc) is 2.81. The van der Waals surface area contributed by atoms with Gasteiger partial charge in [-0.15, -0.1) is 0 Å². The minimum absolute atomic E-state index is 0.273. The Morgan fingerprint density at radius 3 is 2.03 bits per heavy atom. The number of nitrogens with one attached hydrogen (secondary N) is 3. The van der Waals surface area contributed by atoms with Crippen molar-refractivity contribution in [1.29, 1.82) is 0 Å². The summed E-state index contributed by atoms with van der Waals surface area (Å²) in [5.74, 6) is 4.54. The van der Waals surface area contributed by atoms with E-state index in [1.54, 1.807) is 24.3 Å². The van der Waals surface area contributed by atoms with E-state index in [1.165, 1.54) is 12.4 Å². The van der Waals surface area contributed by atoms with Crippen molar-refractivity contribution in [3.63, 3.8) is 0 Å². The van der Waals surface area contributed by atoms with Gasteiger partial charge in [0.2, 0.25) is 0 Å². The van der Waals surface area contributed by atoms with Gasteiger partial charge in [-0.3, -0.25) is 14.8 Å². The minimum atomic E-state index is -1.29. The fourth-order valence-electron chi connectivity index (χ4n) is 2.70. The fraction of sp³-hybridized carbons (Fsp3) is 0.304. The highest BCUT2D eigenvalue weighted by atomic mass is 16.5. The van der Waals surface area contributed by atoms with Gasteiger partial charge in [0, 0.05) is 29.8 Å². The molecule has 0 spiro atoms. The maximum Gasteiger partial charge on any atom is 0.268 e. The molecule has 0 aliphatic carbocycles. The normalized spacial score (nSPS) is 13.3. The molecule has 0 bridgehead atoms. The quantitative estimate of drug-likeness (QED) is 0.158. The summed E-state index contributed by atoms with van der Waals surface area (Å²) in [6.07, 6.45) is -1.97. The van der Waals surface area contributed by atoms with Crippen molar-refractivity contribution in [3.05, 3.63) is 70.8 Å². The molecule has 2 aromatic rings. The van der Waals surface area contributed by atoms with Crippen molar-refractivity contribution in [2.24, 2.45) is 0 Å². The summed E-state index contributed by atoms with van der Waals surface area (Å²) in [4.78, 5) is 23.8. The molecule has 9 heteroatoms.